The van der Waals surface area contributed by atoms with Gasteiger partial charge in [0.05, 0.1) is 0 Å². The van der Waals surface area contributed by atoms with Gasteiger partial charge < -0.3 is 20.5 Å². The molecular weight excluding hydrogens is 324 g/mol. The van der Waals surface area contributed by atoms with Gasteiger partial charge >= 0.3 is 5.97 Å². The van der Waals surface area contributed by atoms with Gasteiger partial charge in [-0.25, -0.2) is 4.79 Å². The second kappa shape index (κ2) is 9.05. The van der Waals surface area contributed by atoms with Crippen LogP contribution in [0.1, 0.15) is 39.0 Å². The lowest BCUT2D eigenvalue weighted by Crippen LogP contribution is -2.42. The number of carbonyl (C=O) groups is 3. The summed E-state index contributed by atoms with van der Waals surface area (Å²) < 4.78 is 5.39. The summed E-state index contributed by atoms with van der Waals surface area (Å²) in [4.78, 5) is 34.8. The normalized spacial score (nSPS) is 14.4. The van der Waals surface area contributed by atoms with Crippen LogP contribution in [0.25, 0.3) is 0 Å². The topological polar surface area (TPSA) is 105 Å². The van der Waals surface area contributed by atoms with Crippen LogP contribution >= 0.6 is 0 Å². The van der Waals surface area contributed by atoms with Crippen molar-refractivity contribution >= 4 is 23.5 Å². The number of hydrogen-bond donors (Lipinski definition) is 3. The van der Waals surface area contributed by atoms with E-state index in [1.807, 2.05) is 6.92 Å². The SMILES string of the molecule is CCCCC(NC(=O)COc1cccc(NC(=O)C2CC2)c1)C(=O)O. The number of benzene rings is 1. The maximum atomic E-state index is 11.9. The van der Waals surface area contributed by atoms with E-state index in [1.165, 1.54) is 0 Å². The fourth-order valence-electron chi connectivity index (χ4n) is 2.30. The molecular formula is C18H24N2O5. The van der Waals surface area contributed by atoms with E-state index in [0.29, 0.717) is 17.9 Å². The molecule has 2 rings (SSSR count). The number of amides is 2. The minimum atomic E-state index is -1.05. The fraction of sp³-hybridized carbons (Fsp3) is 0.500. The van der Waals surface area contributed by atoms with Crippen LogP contribution in [0.15, 0.2) is 24.3 Å². The number of unbranched alkanes of at least 4 members (excludes halogenated alkanes) is 1. The van der Waals surface area contributed by atoms with E-state index in [0.717, 1.165) is 25.7 Å². The van der Waals surface area contributed by atoms with Gasteiger partial charge in [0.1, 0.15) is 11.8 Å². The molecule has 7 heteroatoms. The van der Waals surface area contributed by atoms with Gasteiger partial charge in [-0.05, 0) is 31.4 Å². The predicted molar refractivity (Wildman–Crippen MR) is 92.4 cm³/mol. The number of carboxylic acids is 1. The lowest BCUT2D eigenvalue weighted by molar-refractivity contribution is -0.142. The summed E-state index contributed by atoms with van der Waals surface area (Å²) in [6.45, 7) is 1.68. The highest BCUT2D eigenvalue weighted by atomic mass is 16.5. The monoisotopic (exact) mass is 348 g/mol. The summed E-state index contributed by atoms with van der Waals surface area (Å²) in [5.41, 5.74) is 0.612. The molecule has 7 nitrogen and oxygen atoms in total. The summed E-state index contributed by atoms with van der Waals surface area (Å²) in [6.07, 6.45) is 3.81. The average Bonchev–Trinajstić information content (AvgIpc) is 3.42. The third kappa shape index (κ3) is 6.45. The molecule has 0 aromatic heterocycles. The molecule has 1 aromatic carbocycles. The molecule has 25 heavy (non-hydrogen) atoms. The van der Waals surface area contributed by atoms with Crippen molar-refractivity contribution in [1.29, 1.82) is 0 Å². The van der Waals surface area contributed by atoms with Gasteiger partial charge in [-0.15, -0.1) is 0 Å². The Hall–Kier alpha value is -2.57. The number of aliphatic carboxylic acids is 1. The van der Waals surface area contributed by atoms with Crippen LogP contribution in [0.5, 0.6) is 5.75 Å². The van der Waals surface area contributed by atoms with Crippen molar-refractivity contribution < 1.29 is 24.2 Å². The molecule has 0 heterocycles. The maximum absolute atomic E-state index is 11.9. The standard InChI is InChI=1S/C18H24N2O5/c1-2-3-7-15(18(23)24)20-16(21)11-25-14-6-4-5-13(10-14)19-17(22)12-8-9-12/h4-6,10,12,15H,2-3,7-9,11H2,1H3,(H,19,22)(H,20,21)(H,23,24). The highest BCUT2D eigenvalue weighted by molar-refractivity contribution is 5.94. The highest BCUT2D eigenvalue weighted by Crippen LogP contribution is 2.30. The summed E-state index contributed by atoms with van der Waals surface area (Å²) >= 11 is 0. The van der Waals surface area contributed by atoms with E-state index in [4.69, 9.17) is 9.84 Å². The number of rotatable bonds is 10. The molecule has 0 aliphatic heterocycles. The molecule has 1 aliphatic carbocycles. The second-order valence-electron chi connectivity index (χ2n) is 6.18. The average molecular weight is 348 g/mol. The summed E-state index contributed by atoms with van der Waals surface area (Å²) in [5.74, 6) is -1.01. The molecule has 0 radical (unpaired) electrons. The summed E-state index contributed by atoms with van der Waals surface area (Å²) in [5, 5.41) is 14.4. The molecule has 1 saturated carbocycles. The molecule has 1 aliphatic rings. The minimum absolute atomic E-state index is 0.00452. The van der Waals surface area contributed by atoms with E-state index < -0.39 is 17.9 Å². The molecule has 2 amide bonds. The Balaban J connectivity index is 1.82. The van der Waals surface area contributed by atoms with Crippen molar-refractivity contribution in [3.8, 4) is 5.75 Å². The zero-order valence-corrected chi connectivity index (χ0v) is 14.3. The van der Waals surface area contributed by atoms with Gasteiger partial charge in [0.15, 0.2) is 6.61 Å². The highest BCUT2D eigenvalue weighted by Gasteiger charge is 2.29. The molecule has 0 saturated heterocycles. The second-order valence-corrected chi connectivity index (χ2v) is 6.18. The van der Waals surface area contributed by atoms with Crippen LogP contribution < -0.4 is 15.4 Å². The molecule has 3 N–H and O–H groups in total. The van der Waals surface area contributed by atoms with E-state index >= 15 is 0 Å². The van der Waals surface area contributed by atoms with E-state index in [9.17, 15) is 14.4 Å². The number of nitrogens with one attached hydrogen (secondary N) is 2. The lowest BCUT2D eigenvalue weighted by atomic mass is 10.1. The number of carboxylic acid groups (broad SMARTS) is 1. The Bertz CT molecular complexity index is 628. The first-order valence-corrected chi connectivity index (χ1v) is 8.55. The van der Waals surface area contributed by atoms with Crippen molar-refractivity contribution in [1.82, 2.24) is 5.32 Å². The first-order chi connectivity index (χ1) is 12.0. The fourth-order valence-corrected chi connectivity index (χ4v) is 2.30. The maximum Gasteiger partial charge on any atom is 0.326 e. The largest absolute Gasteiger partial charge is 0.484 e. The molecule has 0 spiro atoms. The first-order valence-electron chi connectivity index (χ1n) is 8.55. The number of ether oxygens (including phenoxy) is 1. The Morgan fingerprint density at radius 2 is 2.08 bits per heavy atom. The van der Waals surface area contributed by atoms with Crippen LogP contribution in [-0.2, 0) is 14.4 Å². The molecule has 136 valence electrons. The Morgan fingerprint density at radius 1 is 1.32 bits per heavy atom. The van der Waals surface area contributed by atoms with E-state index in [-0.39, 0.29) is 18.4 Å². The summed E-state index contributed by atoms with van der Waals surface area (Å²) in [6, 6.07) is 5.88. The van der Waals surface area contributed by atoms with Crippen molar-refractivity contribution in [3.63, 3.8) is 0 Å². The van der Waals surface area contributed by atoms with Crippen LogP contribution in [0.4, 0.5) is 5.69 Å². The predicted octanol–water partition coefficient (Wildman–Crippen LogP) is 2.17. The lowest BCUT2D eigenvalue weighted by Gasteiger charge is -2.14. The first kappa shape index (κ1) is 18.8. The third-order valence-corrected chi connectivity index (χ3v) is 3.90. The molecule has 0 bridgehead atoms. The molecule has 1 unspecified atom stereocenters. The van der Waals surface area contributed by atoms with Gasteiger partial charge in [-0.2, -0.15) is 0 Å². The van der Waals surface area contributed by atoms with Crippen molar-refractivity contribution in [2.75, 3.05) is 11.9 Å². The van der Waals surface area contributed by atoms with Gasteiger partial charge in [0.2, 0.25) is 5.91 Å². The van der Waals surface area contributed by atoms with E-state index in [2.05, 4.69) is 10.6 Å². The molecule has 1 fully saturated rings. The van der Waals surface area contributed by atoms with Gasteiger partial charge in [-0.3, -0.25) is 9.59 Å². The quantitative estimate of drug-likeness (QED) is 0.601. The van der Waals surface area contributed by atoms with Crippen molar-refractivity contribution in [2.45, 2.75) is 45.1 Å². The Morgan fingerprint density at radius 3 is 2.72 bits per heavy atom. The zero-order chi connectivity index (χ0) is 18.2. The van der Waals surface area contributed by atoms with Crippen LogP contribution in [-0.4, -0.2) is 35.5 Å². The Kier molecular flexibility index (Phi) is 6.80. The number of hydrogen-bond acceptors (Lipinski definition) is 4. The third-order valence-electron chi connectivity index (χ3n) is 3.90. The zero-order valence-electron chi connectivity index (χ0n) is 14.3. The smallest absolute Gasteiger partial charge is 0.326 e. The van der Waals surface area contributed by atoms with Gasteiger partial charge in [-0.1, -0.05) is 25.8 Å². The van der Waals surface area contributed by atoms with Gasteiger partial charge in [0.25, 0.3) is 5.91 Å². The van der Waals surface area contributed by atoms with Crippen LogP contribution in [0.2, 0.25) is 0 Å². The van der Waals surface area contributed by atoms with Crippen molar-refractivity contribution in [2.24, 2.45) is 5.92 Å². The molecule has 1 aromatic rings. The van der Waals surface area contributed by atoms with Crippen LogP contribution in [0, 0.1) is 5.92 Å². The van der Waals surface area contributed by atoms with E-state index in [1.54, 1.807) is 24.3 Å². The van der Waals surface area contributed by atoms with Gasteiger partial charge in [0, 0.05) is 17.7 Å². The number of anilines is 1. The molecule has 1 atom stereocenters. The Labute approximate surface area is 146 Å². The van der Waals surface area contributed by atoms with Crippen LogP contribution in [0.3, 0.4) is 0 Å². The minimum Gasteiger partial charge on any atom is -0.484 e. The summed E-state index contributed by atoms with van der Waals surface area (Å²) in [7, 11) is 0. The number of carbonyl (C=O) groups excluding carboxylic acids is 2. The van der Waals surface area contributed by atoms with Crippen molar-refractivity contribution in [3.05, 3.63) is 24.3 Å².